The fourth-order valence-electron chi connectivity index (χ4n) is 1.65. The average molecular weight is 237 g/mol. The summed E-state index contributed by atoms with van der Waals surface area (Å²) in [6, 6.07) is 7.22. The minimum absolute atomic E-state index is 0.278. The van der Waals surface area contributed by atoms with Crippen LogP contribution >= 0.6 is 11.6 Å². The molecule has 0 amide bonds. The van der Waals surface area contributed by atoms with Crippen molar-refractivity contribution in [2.75, 3.05) is 0 Å². The van der Waals surface area contributed by atoms with E-state index in [0.29, 0.717) is 16.2 Å². The van der Waals surface area contributed by atoms with Crippen LogP contribution in [0.25, 0.3) is 10.8 Å². The molecule has 0 radical (unpaired) electrons. The van der Waals surface area contributed by atoms with Crippen molar-refractivity contribution in [3.8, 4) is 0 Å². The van der Waals surface area contributed by atoms with Crippen molar-refractivity contribution in [1.82, 2.24) is 0 Å². The molecule has 0 atom stereocenters. The molecule has 1 heterocycles. The number of fused-ring (bicyclic) bond motifs is 1. The zero-order chi connectivity index (χ0) is 11.9. The predicted molar refractivity (Wildman–Crippen MR) is 66.2 cm³/mol. The average Bonchev–Trinajstić information content (AvgIpc) is 2.22. The first-order chi connectivity index (χ1) is 7.41. The fraction of sp³-hybridized carbons (Fsp3) is 0.308. The largest absolute Gasteiger partial charge is 0.425 e. The molecule has 2 nitrogen and oxygen atoms in total. The summed E-state index contributed by atoms with van der Waals surface area (Å²) in [5.41, 5.74) is -0.606. The maximum absolute atomic E-state index is 11.8. The first kappa shape index (κ1) is 11.2. The van der Waals surface area contributed by atoms with Crippen molar-refractivity contribution in [3.63, 3.8) is 0 Å². The number of hydrogen-bond acceptors (Lipinski definition) is 2. The van der Waals surface area contributed by atoms with E-state index in [9.17, 15) is 4.79 Å². The summed E-state index contributed by atoms with van der Waals surface area (Å²) >= 11 is 6.27. The topological polar surface area (TPSA) is 30.2 Å². The number of rotatable bonds is 0. The van der Waals surface area contributed by atoms with Crippen LogP contribution in [0.5, 0.6) is 0 Å². The van der Waals surface area contributed by atoms with Crippen molar-refractivity contribution in [3.05, 3.63) is 45.5 Å². The molecule has 2 rings (SSSR count). The molecule has 0 saturated carbocycles. The van der Waals surface area contributed by atoms with Crippen LogP contribution in [-0.4, -0.2) is 0 Å². The molecule has 0 aliphatic heterocycles. The van der Waals surface area contributed by atoms with E-state index in [0.717, 1.165) is 5.39 Å². The summed E-state index contributed by atoms with van der Waals surface area (Å²) < 4.78 is 5.30. The number of halogens is 1. The highest BCUT2D eigenvalue weighted by Gasteiger charge is 2.23. The molecule has 0 spiro atoms. The van der Waals surface area contributed by atoms with Gasteiger partial charge in [-0.3, -0.25) is 0 Å². The maximum Gasteiger partial charge on any atom is 0.343 e. The monoisotopic (exact) mass is 236 g/mol. The lowest BCUT2D eigenvalue weighted by atomic mass is 9.92. The summed E-state index contributed by atoms with van der Waals surface area (Å²) in [6.07, 6.45) is 0. The van der Waals surface area contributed by atoms with Crippen molar-refractivity contribution >= 4 is 22.4 Å². The predicted octanol–water partition coefficient (Wildman–Crippen LogP) is 3.74. The highest BCUT2D eigenvalue weighted by molar-refractivity contribution is 6.36. The molecule has 0 unspecified atom stereocenters. The van der Waals surface area contributed by atoms with Crippen molar-refractivity contribution < 1.29 is 4.42 Å². The van der Waals surface area contributed by atoms with Gasteiger partial charge in [-0.2, -0.15) is 0 Å². The molecule has 1 aromatic carbocycles. The zero-order valence-corrected chi connectivity index (χ0v) is 10.3. The van der Waals surface area contributed by atoms with E-state index >= 15 is 0 Å². The number of benzene rings is 1. The quantitative estimate of drug-likeness (QED) is 0.698. The standard InChI is InChI=1S/C13H13ClO2/c1-13(2,3)11-10(14)8-6-4-5-7-9(8)12(15)16-11/h4-7H,1-3H3. The Morgan fingerprint density at radius 2 is 1.69 bits per heavy atom. The minimum Gasteiger partial charge on any atom is -0.425 e. The van der Waals surface area contributed by atoms with Gasteiger partial charge in [0.05, 0.1) is 10.4 Å². The van der Waals surface area contributed by atoms with Crippen LogP contribution in [0.15, 0.2) is 33.5 Å². The summed E-state index contributed by atoms with van der Waals surface area (Å²) in [5, 5.41) is 1.81. The molecule has 1 aromatic heterocycles. The Morgan fingerprint density at radius 3 is 2.25 bits per heavy atom. The third-order valence-corrected chi connectivity index (χ3v) is 2.83. The molecule has 3 heteroatoms. The molecule has 16 heavy (non-hydrogen) atoms. The minimum atomic E-state index is -0.329. The second-order valence-electron chi connectivity index (χ2n) is 4.83. The lowest BCUT2D eigenvalue weighted by Crippen LogP contribution is -2.16. The van der Waals surface area contributed by atoms with Crippen LogP contribution in [-0.2, 0) is 5.41 Å². The lowest BCUT2D eigenvalue weighted by Gasteiger charge is -2.18. The maximum atomic E-state index is 11.8. The van der Waals surface area contributed by atoms with E-state index in [2.05, 4.69) is 0 Å². The summed E-state index contributed by atoms with van der Waals surface area (Å²) in [5.74, 6) is 0.540. The van der Waals surface area contributed by atoms with Crippen LogP contribution < -0.4 is 5.63 Å². The molecule has 0 fully saturated rings. The molecule has 0 N–H and O–H groups in total. The van der Waals surface area contributed by atoms with Gasteiger partial charge < -0.3 is 4.42 Å². The summed E-state index contributed by atoms with van der Waals surface area (Å²) in [6.45, 7) is 5.89. The third-order valence-electron chi connectivity index (χ3n) is 2.46. The van der Waals surface area contributed by atoms with Gasteiger partial charge in [-0.1, -0.05) is 50.6 Å². The Kier molecular flexibility index (Phi) is 2.55. The summed E-state index contributed by atoms with van der Waals surface area (Å²) in [7, 11) is 0. The van der Waals surface area contributed by atoms with Gasteiger partial charge in [-0.15, -0.1) is 0 Å². The second kappa shape index (κ2) is 3.63. The van der Waals surface area contributed by atoms with E-state index in [-0.39, 0.29) is 11.0 Å². The van der Waals surface area contributed by atoms with Crippen LogP contribution in [0.3, 0.4) is 0 Å². The first-order valence-corrected chi connectivity index (χ1v) is 5.51. The smallest absolute Gasteiger partial charge is 0.343 e. The Morgan fingerprint density at radius 1 is 1.12 bits per heavy atom. The first-order valence-electron chi connectivity index (χ1n) is 5.13. The molecule has 2 aromatic rings. The van der Waals surface area contributed by atoms with Crippen molar-refractivity contribution in [2.24, 2.45) is 0 Å². The Hall–Kier alpha value is -1.28. The highest BCUT2D eigenvalue weighted by Crippen LogP contribution is 2.32. The number of hydrogen-bond donors (Lipinski definition) is 0. The van der Waals surface area contributed by atoms with Gasteiger partial charge in [0, 0.05) is 10.8 Å². The molecule has 0 aliphatic carbocycles. The molecular formula is C13H13ClO2. The van der Waals surface area contributed by atoms with Crippen LogP contribution in [0.2, 0.25) is 5.02 Å². The Balaban J connectivity index is 2.92. The summed E-state index contributed by atoms with van der Waals surface area (Å²) in [4.78, 5) is 11.8. The zero-order valence-electron chi connectivity index (χ0n) is 9.50. The van der Waals surface area contributed by atoms with Crippen LogP contribution in [0, 0.1) is 0 Å². The van der Waals surface area contributed by atoms with Gasteiger partial charge in [-0.25, -0.2) is 4.79 Å². The SMILES string of the molecule is CC(C)(C)c1oc(=O)c2ccccc2c1Cl. The Labute approximate surface area is 98.8 Å². The van der Waals surface area contributed by atoms with E-state index < -0.39 is 0 Å². The van der Waals surface area contributed by atoms with Gasteiger partial charge in [0.25, 0.3) is 0 Å². The molecular weight excluding hydrogens is 224 g/mol. The molecule has 84 valence electrons. The lowest BCUT2D eigenvalue weighted by molar-refractivity contribution is 0.382. The van der Waals surface area contributed by atoms with Crippen LogP contribution in [0.1, 0.15) is 26.5 Å². The van der Waals surface area contributed by atoms with Gasteiger partial charge in [0.1, 0.15) is 5.76 Å². The normalized spacial score (nSPS) is 12.0. The van der Waals surface area contributed by atoms with Crippen LogP contribution in [0.4, 0.5) is 0 Å². The third kappa shape index (κ3) is 1.74. The fourth-order valence-corrected chi connectivity index (χ4v) is 2.14. The van der Waals surface area contributed by atoms with E-state index in [1.807, 2.05) is 32.9 Å². The van der Waals surface area contributed by atoms with Gasteiger partial charge in [0.2, 0.25) is 0 Å². The molecule has 0 aliphatic rings. The Bertz CT molecular complexity index is 591. The molecule has 0 saturated heterocycles. The van der Waals surface area contributed by atoms with E-state index in [1.165, 1.54) is 0 Å². The highest BCUT2D eigenvalue weighted by atomic mass is 35.5. The molecule has 0 bridgehead atoms. The van der Waals surface area contributed by atoms with Crippen molar-refractivity contribution in [2.45, 2.75) is 26.2 Å². The van der Waals surface area contributed by atoms with Gasteiger partial charge >= 0.3 is 5.63 Å². The second-order valence-corrected chi connectivity index (χ2v) is 5.21. The van der Waals surface area contributed by atoms with E-state index in [1.54, 1.807) is 12.1 Å². The van der Waals surface area contributed by atoms with Crippen molar-refractivity contribution in [1.29, 1.82) is 0 Å². The van der Waals surface area contributed by atoms with Gasteiger partial charge in [0.15, 0.2) is 0 Å². The van der Waals surface area contributed by atoms with E-state index in [4.69, 9.17) is 16.0 Å². The van der Waals surface area contributed by atoms with Gasteiger partial charge in [-0.05, 0) is 6.07 Å².